The molecule has 3 heterocycles. The lowest BCUT2D eigenvalue weighted by Crippen LogP contribution is -2.26. The van der Waals surface area contributed by atoms with Crippen LogP contribution in [0.3, 0.4) is 0 Å². The summed E-state index contributed by atoms with van der Waals surface area (Å²) in [7, 11) is 0. The minimum Gasteiger partial charge on any atom is -0.508 e. The Hall–Kier alpha value is -4.38. The Bertz CT molecular complexity index is 1530. The van der Waals surface area contributed by atoms with Gasteiger partial charge >= 0.3 is 11.3 Å². The number of aromatic hydroxyl groups is 5. The average Bonchev–Trinajstić information content (AvgIpc) is 2.97. The average molecular weight is 428 g/mol. The van der Waals surface area contributed by atoms with Crippen molar-refractivity contribution >= 4 is 21.9 Å². The lowest BCUT2D eigenvalue weighted by atomic mass is 9.91. The van der Waals surface area contributed by atoms with Crippen LogP contribution in [0.2, 0.25) is 0 Å². The monoisotopic (exact) mass is 428 g/mol. The number of hydrogen-bond donors (Lipinski definition) is 6. The van der Waals surface area contributed by atoms with Gasteiger partial charge in [-0.15, -0.1) is 0 Å². The molecule has 0 fully saturated rings. The molecule has 1 aliphatic heterocycles. The van der Waals surface area contributed by atoms with Gasteiger partial charge in [-0.2, -0.15) is 0 Å². The van der Waals surface area contributed by atoms with Crippen LogP contribution >= 0.6 is 0 Å². The van der Waals surface area contributed by atoms with Gasteiger partial charge in [0, 0.05) is 24.3 Å². The Morgan fingerprint density at radius 1 is 0.710 bits per heavy atom. The topological polar surface area (TPSA) is 191 Å². The van der Waals surface area contributed by atoms with E-state index in [2.05, 4.69) is 0 Å². The van der Waals surface area contributed by atoms with Crippen LogP contribution in [0.25, 0.3) is 21.9 Å². The maximum atomic E-state index is 12.7. The number of rotatable bonds is 1. The number of aliphatic hydroxyl groups excluding tert-OH is 1. The molecule has 2 aromatic carbocycles. The summed E-state index contributed by atoms with van der Waals surface area (Å²) in [6.07, 6.45) is -1.87. The Labute approximate surface area is 169 Å². The van der Waals surface area contributed by atoms with Crippen LogP contribution in [0.1, 0.15) is 17.0 Å². The summed E-state index contributed by atoms with van der Waals surface area (Å²) in [5.74, 6) is -4.68. The van der Waals surface area contributed by atoms with E-state index < -0.39 is 57.8 Å². The molecule has 1 aliphatic rings. The Morgan fingerprint density at radius 2 is 1.23 bits per heavy atom. The van der Waals surface area contributed by atoms with Gasteiger partial charge in [0.15, 0.2) is 0 Å². The van der Waals surface area contributed by atoms with Gasteiger partial charge in [0.2, 0.25) is 6.29 Å². The highest BCUT2D eigenvalue weighted by Crippen LogP contribution is 2.49. The molecule has 0 saturated heterocycles. The predicted molar refractivity (Wildman–Crippen MR) is 102 cm³/mol. The van der Waals surface area contributed by atoms with Gasteiger partial charge < -0.3 is 44.2 Å². The first-order valence-corrected chi connectivity index (χ1v) is 8.76. The van der Waals surface area contributed by atoms with Gasteiger partial charge in [-0.05, 0) is 0 Å². The first-order chi connectivity index (χ1) is 14.7. The van der Waals surface area contributed by atoms with Crippen molar-refractivity contribution in [2.75, 3.05) is 0 Å². The third kappa shape index (κ3) is 2.50. The molecule has 6 N–H and O–H groups in total. The minimum atomic E-state index is -1.87. The number of benzene rings is 2. The molecule has 2 aromatic heterocycles. The number of phenols is 4. The maximum Gasteiger partial charge on any atom is 0.344 e. The highest BCUT2D eigenvalue weighted by Gasteiger charge is 2.44. The second-order valence-corrected chi connectivity index (χ2v) is 6.95. The summed E-state index contributed by atoms with van der Waals surface area (Å²) >= 11 is 0. The van der Waals surface area contributed by atoms with Crippen molar-refractivity contribution in [1.82, 2.24) is 0 Å². The largest absolute Gasteiger partial charge is 0.508 e. The van der Waals surface area contributed by atoms with Crippen LogP contribution in [0.15, 0.2) is 42.7 Å². The summed E-state index contributed by atoms with van der Waals surface area (Å²) in [6.45, 7) is 0. The molecular formula is C20H12O11. The first kappa shape index (κ1) is 18.6. The van der Waals surface area contributed by atoms with Gasteiger partial charge in [-0.1, -0.05) is 0 Å². The van der Waals surface area contributed by atoms with E-state index in [1.54, 1.807) is 0 Å². The molecule has 0 amide bonds. The van der Waals surface area contributed by atoms with Gasteiger partial charge in [0.25, 0.3) is 0 Å². The SMILES string of the molecule is O=c1oc2cc(O)cc(O)c2c(O)c1C1c2c(c3c(O)cc(O)cc3oc2=O)OC1O. The zero-order chi connectivity index (χ0) is 22.2. The summed E-state index contributed by atoms with van der Waals surface area (Å²) in [4.78, 5) is 25.3. The van der Waals surface area contributed by atoms with E-state index in [1.807, 2.05) is 0 Å². The van der Waals surface area contributed by atoms with Crippen LogP contribution in [0, 0.1) is 0 Å². The summed E-state index contributed by atoms with van der Waals surface area (Å²) in [5, 5.41) is 60.2. The van der Waals surface area contributed by atoms with E-state index in [9.17, 15) is 40.2 Å². The molecule has 158 valence electrons. The Balaban J connectivity index is 1.86. The standard InChI is InChI=1S/C20H12O11/c21-5-1-7(23)11-9(3-5)29-19(27)14(16(11)25)13-15-17(31-18(13)26)12-8(24)2-6(22)4-10(12)30-20(15)28/h1-4,13,18,21-26H. The quantitative estimate of drug-likeness (QED) is 0.239. The predicted octanol–water partition coefficient (Wildman–Crippen LogP) is 1.27. The molecule has 5 rings (SSSR count). The molecule has 11 nitrogen and oxygen atoms in total. The van der Waals surface area contributed by atoms with Crippen LogP contribution in [-0.4, -0.2) is 36.9 Å². The smallest absolute Gasteiger partial charge is 0.344 e. The van der Waals surface area contributed by atoms with E-state index in [0.29, 0.717) is 0 Å². The van der Waals surface area contributed by atoms with Crippen molar-refractivity contribution in [3.8, 4) is 34.5 Å². The number of hydrogen-bond acceptors (Lipinski definition) is 11. The normalized spacial score (nSPS) is 17.7. The highest BCUT2D eigenvalue weighted by atomic mass is 16.6. The van der Waals surface area contributed by atoms with E-state index >= 15 is 0 Å². The van der Waals surface area contributed by atoms with E-state index in [0.717, 1.165) is 24.3 Å². The van der Waals surface area contributed by atoms with Gasteiger partial charge in [0.05, 0.1) is 17.0 Å². The molecule has 11 heteroatoms. The lowest BCUT2D eigenvalue weighted by Gasteiger charge is -2.15. The van der Waals surface area contributed by atoms with Gasteiger partial charge in [-0.3, -0.25) is 0 Å². The van der Waals surface area contributed by atoms with Crippen molar-refractivity contribution in [3.05, 3.63) is 56.2 Å². The summed E-state index contributed by atoms with van der Waals surface area (Å²) in [6, 6.07) is 3.89. The molecular weight excluding hydrogens is 416 g/mol. The van der Waals surface area contributed by atoms with Crippen molar-refractivity contribution in [3.63, 3.8) is 0 Å². The second kappa shape index (κ2) is 6.06. The molecule has 0 radical (unpaired) electrons. The molecule has 31 heavy (non-hydrogen) atoms. The molecule has 0 saturated carbocycles. The number of ether oxygens (including phenoxy) is 1. The van der Waals surface area contributed by atoms with Crippen LogP contribution in [-0.2, 0) is 0 Å². The summed E-state index contributed by atoms with van der Waals surface area (Å²) in [5.41, 5.74) is -3.81. The van der Waals surface area contributed by atoms with Gasteiger partial charge in [-0.25, -0.2) is 9.59 Å². The molecule has 0 spiro atoms. The molecule has 2 unspecified atom stereocenters. The maximum absolute atomic E-state index is 12.7. The molecule has 0 aliphatic carbocycles. The number of aliphatic hydroxyl groups is 1. The fourth-order valence-corrected chi connectivity index (χ4v) is 3.85. The van der Waals surface area contributed by atoms with E-state index in [1.165, 1.54) is 0 Å². The third-order valence-electron chi connectivity index (χ3n) is 5.09. The minimum absolute atomic E-state index is 0.147. The zero-order valence-corrected chi connectivity index (χ0v) is 15.2. The Kier molecular flexibility index (Phi) is 3.64. The number of fused-ring (bicyclic) bond motifs is 4. The highest BCUT2D eigenvalue weighted by molar-refractivity contribution is 5.93. The molecule has 0 bridgehead atoms. The van der Waals surface area contributed by atoms with Crippen molar-refractivity contribution in [1.29, 1.82) is 0 Å². The third-order valence-corrected chi connectivity index (χ3v) is 5.09. The van der Waals surface area contributed by atoms with Crippen molar-refractivity contribution in [2.45, 2.75) is 12.2 Å². The summed E-state index contributed by atoms with van der Waals surface area (Å²) < 4.78 is 15.5. The fraction of sp³-hybridized carbons (Fsp3) is 0.100. The first-order valence-electron chi connectivity index (χ1n) is 8.76. The lowest BCUT2D eigenvalue weighted by molar-refractivity contribution is -0.00991. The van der Waals surface area contributed by atoms with E-state index in [-0.39, 0.29) is 33.3 Å². The molecule has 4 aromatic rings. The Morgan fingerprint density at radius 3 is 1.84 bits per heavy atom. The fourth-order valence-electron chi connectivity index (χ4n) is 3.85. The van der Waals surface area contributed by atoms with Crippen LogP contribution in [0.4, 0.5) is 0 Å². The van der Waals surface area contributed by atoms with E-state index in [4.69, 9.17) is 13.6 Å². The zero-order valence-electron chi connectivity index (χ0n) is 15.2. The van der Waals surface area contributed by atoms with Crippen LogP contribution < -0.4 is 16.0 Å². The van der Waals surface area contributed by atoms with Crippen molar-refractivity contribution in [2.24, 2.45) is 0 Å². The van der Waals surface area contributed by atoms with Gasteiger partial charge in [0.1, 0.15) is 56.4 Å². The molecule has 2 atom stereocenters. The van der Waals surface area contributed by atoms with Crippen molar-refractivity contribution < 1.29 is 44.2 Å². The second-order valence-electron chi connectivity index (χ2n) is 6.95. The van der Waals surface area contributed by atoms with Crippen LogP contribution in [0.5, 0.6) is 34.5 Å². The number of phenolic OH excluding ortho intramolecular Hbond substituents is 4.